The van der Waals surface area contributed by atoms with Gasteiger partial charge < -0.3 is 10.2 Å². The minimum absolute atomic E-state index is 0.0451. The van der Waals surface area contributed by atoms with Crippen LogP contribution < -0.4 is 0 Å². The third-order valence-electron chi connectivity index (χ3n) is 3.28. The average molecular weight is 226 g/mol. The SMILES string of the molecule is CC(=O)C1=C(O)CC(C)(O)C(C(C)=O)C1C. The van der Waals surface area contributed by atoms with Crippen LogP contribution in [0.15, 0.2) is 11.3 Å². The van der Waals surface area contributed by atoms with E-state index >= 15 is 0 Å². The van der Waals surface area contributed by atoms with Crippen molar-refractivity contribution in [2.75, 3.05) is 0 Å². The fraction of sp³-hybridized carbons (Fsp3) is 0.667. The summed E-state index contributed by atoms with van der Waals surface area (Å²) >= 11 is 0. The molecule has 1 aliphatic carbocycles. The molecule has 0 heterocycles. The Kier molecular flexibility index (Phi) is 3.24. The van der Waals surface area contributed by atoms with Gasteiger partial charge in [0.05, 0.1) is 11.5 Å². The standard InChI is InChI=1S/C12H18O4/c1-6-10(7(2)13)9(15)5-12(4,16)11(6)8(3)14/h6,11,15-16H,5H2,1-4H3. The molecule has 0 amide bonds. The van der Waals surface area contributed by atoms with Crippen molar-refractivity contribution in [1.82, 2.24) is 0 Å². The molecule has 0 saturated heterocycles. The van der Waals surface area contributed by atoms with Gasteiger partial charge in [-0.05, 0) is 20.8 Å². The first-order valence-corrected chi connectivity index (χ1v) is 5.34. The average Bonchev–Trinajstić information content (AvgIpc) is 1.97. The molecule has 0 spiro atoms. The minimum atomic E-state index is -1.28. The topological polar surface area (TPSA) is 74.6 Å². The van der Waals surface area contributed by atoms with Gasteiger partial charge in [0.1, 0.15) is 11.5 Å². The number of ketones is 2. The summed E-state index contributed by atoms with van der Waals surface area (Å²) in [7, 11) is 0. The molecule has 0 saturated carbocycles. The maximum atomic E-state index is 11.5. The second-order valence-electron chi connectivity index (χ2n) is 4.83. The molecule has 4 nitrogen and oxygen atoms in total. The van der Waals surface area contributed by atoms with Crippen LogP contribution in [0.25, 0.3) is 0 Å². The van der Waals surface area contributed by atoms with E-state index in [1.807, 2.05) is 0 Å². The van der Waals surface area contributed by atoms with Crippen LogP contribution in [0.4, 0.5) is 0 Å². The van der Waals surface area contributed by atoms with E-state index in [2.05, 4.69) is 0 Å². The lowest BCUT2D eigenvalue weighted by molar-refractivity contribution is -0.134. The van der Waals surface area contributed by atoms with Crippen LogP contribution in [0.3, 0.4) is 0 Å². The number of rotatable bonds is 2. The summed E-state index contributed by atoms with van der Waals surface area (Å²) in [4.78, 5) is 22.9. The zero-order valence-electron chi connectivity index (χ0n) is 10.1. The monoisotopic (exact) mass is 226 g/mol. The maximum Gasteiger partial charge on any atom is 0.159 e. The summed E-state index contributed by atoms with van der Waals surface area (Å²) in [5.74, 6) is -1.58. The maximum absolute atomic E-state index is 11.5. The molecule has 0 aromatic heterocycles. The molecule has 0 aromatic carbocycles. The van der Waals surface area contributed by atoms with Crippen LogP contribution >= 0.6 is 0 Å². The Balaban J connectivity index is 3.27. The van der Waals surface area contributed by atoms with E-state index in [9.17, 15) is 19.8 Å². The van der Waals surface area contributed by atoms with Gasteiger partial charge in [0.15, 0.2) is 5.78 Å². The fourth-order valence-corrected chi connectivity index (χ4v) is 2.83. The Hall–Kier alpha value is -1.16. The van der Waals surface area contributed by atoms with Crippen molar-refractivity contribution < 1.29 is 19.8 Å². The van der Waals surface area contributed by atoms with Gasteiger partial charge in [0.2, 0.25) is 0 Å². The van der Waals surface area contributed by atoms with Gasteiger partial charge in [0.25, 0.3) is 0 Å². The summed E-state index contributed by atoms with van der Waals surface area (Å²) in [5.41, 5.74) is -1.01. The predicted octanol–water partition coefficient (Wildman–Crippen LogP) is 1.38. The lowest BCUT2D eigenvalue weighted by Crippen LogP contribution is -2.47. The highest BCUT2D eigenvalue weighted by Crippen LogP contribution is 2.41. The van der Waals surface area contributed by atoms with Crippen molar-refractivity contribution in [3.05, 3.63) is 11.3 Å². The highest BCUT2D eigenvalue weighted by atomic mass is 16.3. The molecule has 0 aliphatic heterocycles. The first kappa shape index (κ1) is 12.9. The molecular weight excluding hydrogens is 208 g/mol. The normalized spacial score (nSPS) is 35.1. The van der Waals surface area contributed by atoms with Gasteiger partial charge in [-0.3, -0.25) is 9.59 Å². The van der Waals surface area contributed by atoms with Gasteiger partial charge in [-0.15, -0.1) is 0 Å². The molecule has 1 aliphatic rings. The molecule has 3 unspecified atom stereocenters. The number of carbonyl (C=O) groups is 2. The smallest absolute Gasteiger partial charge is 0.159 e. The van der Waals surface area contributed by atoms with E-state index in [0.717, 1.165) is 0 Å². The predicted molar refractivity (Wildman–Crippen MR) is 58.9 cm³/mol. The second kappa shape index (κ2) is 4.01. The van der Waals surface area contributed by atoms with Crippen molar-refractivity contribution in [3.8, 4) is 0 Å². The van der Waals surface area contributed by atoms with Gasteiger partial charge in [-0.1, -0.05) is 6.92 Å². The Morgan fingerprint density at radius 3 is 2.25 bits per heavy atom. The van der Waals surface area contributed by atoms with E-state index in [1.54, 1.807) is 6.92 Å². The number of hydrogen-bond donors (Lipinski definition) is 2. The number of hydrogen-bond acceptors (Lipinski definition) is 4. The first-order valence-electron chi connectivity index (χ1n) is 5.34. The molecule has 3 atom stereocenters. The Labute approximate surface area is 95.0 Å². The second-order valence-corrected chi connectivity index (χ2v) is 4.83. The van der Waals surface area contributed by atoms with Crippen molar-refractivity contribution in [2.24, 2.45) is 11.8 Å². The van der Waals surface area contributed by atoms with Gasteiger partial charge >= 0.3 is 0 Å². The zero-order valence-corrected chi connectivity index (χ0v) is 10.1. The molecule has 16 heavy (non-hydrogen) atoms. The number of aliphatic hydroxyl groups is 2. The first-order chi connectivity index (χ1) is 7.18. The van der Waals surface area contributed by atoms with Gasteiger partial charge in [-0.2, -0.15) is 0 Å². The van der Waals surface area contributed by atoms with Crippen LogP contribution in [0.2, 0.25) is 0 Å². The number of allylic oxidation sites excluding steroid dienone is 1. The van der Waals surface area contributed by atoms with E-state index in [0.29, 0.717) is 0 Å². The number of Topliss-reactive ketones (excluding diaryl/α,β-unsaturated/α-hetero) is 2. The van der Waals surface area contributed by atoms with E-state index in [4.69, 9.17) is 0 Å². The van der Waals surface area contributed by atoms with Crippen LogP contribution in [-0.4, -0.2) is 27.4 Å². The van der Waals surface area contributed by atoms with E-state index in [-0.39, 0.29) is 29.3 Å². The molecule has 4 heteroatoms. The molecule has 0 radical (unpaired) electrons. The number of carbonyl (C=O) groups excluding carboxylic acids is 2. The third kappa shape index (κ3) is 2.02. The molecule has 90 valence electrons. The summed E-state index contributed by atoms with van der Waals surface area (Å²) < 4.78 is 0. The van der Waals surface area contributed by atoms with Crippen LogP contribution in [0, 0.1) is 11.8 Å². The molecule has 0 fully saturated rings. The molecule has 1 rings (SSSR count). The number of aliphatic hydroxyl groups excluding tert-OH is 1. The largest absolute Gasteiger partial charge is 0.512 e. The van der Waals surface area contributed by atoms with E-state index < -0.39 is 17.4 Å². The fourth-order valence-electron chi connectivity index (χ4n) is 2.83. The molecule has 0 bridgehead atoms. The zero-order chi connectivity index (χ0) is 12.7. The minimum Gasteiger partial charge on any atom is -0.512 e. The van der Waals surface area contributed by atoms with Crippen molar-refractivity contribution in [2.45, 2.75) is 39.7 Å². The van der Waals surface area contributed by atoms with Crippen molar-refractivity contribution >= 4 is 11.6 Å². The van der Waals surface area contributed by atoms with Crippen LogP contribution in [0.1, 0.15) is 34.1 Å². The Morgan fingerprint density at radius 1 is 1.38 bits per heavy atom. The van der Waals surface area contributed by atoms with E-state index in [1.165, 1.54) is 20.8 Å². The van der Waals surface area contributed by atoms with Crippen molar-refractivity contribution in [3.63, 3.8) is 0 Å². The van der Waals surface area contributed by atoms with Crippen molar-refractivity contribution in [1.29, 1.82) is 0 Å². The highest BCUT2D eigenvalue weighted by molar-refractivity contribution is 5.96. The molecule has 2 N–H and O–H groups in total. The summed E-state index contributed by atoms with van der Waals surface area (Å²) in [6.45, 7) is 5.96. The van der Waals surface area contributed by atoms with Crippen LogP contribution in [0.5, 0.6) is 0 Å². The van der Waals surface area contributed by atoms with Gasteiger partial charge in [-0.25, -0.2) is 0 Å². The summed E-state index contributed by atoms with van der Waals surface area (Å²) in [5, 5.41) is 19.9. The highest BCUT2D eigenvalue weighted by Gasteiger charge is 2.46. The quantitative estimate of drug-likeness (QED) is 0.746. The summed E-state index contributed by atoms with van der Waals surface area (Å²) in [6.07, 6.45) is -0.0451. The van der Waals surface area contributed by atoms with Gasteiger partial charge in [0, 0.05) is 17.9 Å². The molecule has 0 aromatic rings. The summed E-state index contributed by atoms with van der Waals surface area (Å²) in [6, 6.07) is 0. The lowest BCUT2D eigenvalue weighted by atomic mass is 9.67. The Bertz CT molecular complexity index is 365. The third-order valence-corrected chi connectivity index (χ3v) is 3.28. The molecular formula is C12H18O4. The lowest BCUT2D eigenvalue weighted by Gasteiger charge is -2.40. The Morgan fingerprint density at radius 2 is 1.88 bits per heavy atom. The van der Waals surface area contributed by atoms with Crippen LogP contribution in [-0.2, 0) is 9.59 Å².